The van der Waals surface area contributed by atoms with Gasteiger partial charge in [-0.25, -0.2) is 4.79 Å². The molecule has 112 valence electrons. The van der Waals surface area contributed by atoms with Gasteiger partial charge in [0.2, 0.25) is 0 Å². The Balaban J connectivity index is 1.86. The summed E-state index contributed by atoms with van der Waals surface area (Å²) in [6.45, 7) is 1.92. The Morgan fingerprint density at radius 2 is 2.00 bits per heavy atom. The van der Waals surface area contributed by atoms with Crippen molar-refractivity contribution in [1.29, 1.82) is 0 Å². The predicted molar refractivity (Wildman–Crippen MR) is 82.9 cm³/mol. The number of hydrogen-bond acceptors (Lipinski definition) is 4. The van der Waals surface area contributed by atoms with E-state index in [0.717, 1.165) is 5.56 Å². The maximum absolute atomic E-state index is 12.4. The third-order valence-corrected chi connectivity index (χ3v) is 3.48. The number of fused-ring (bicyclic) bond motifs is 1. The van der Waals surface area contributed by atoms with Gasteiger partial charge in [-0.2, -0.15) is 4.68 Å². The fraction of sp³-hybridized carbons (Fsp3) is 0.188. The van der Waals surface area contributed by atoms with E-state index in [0.29, 0.717) is 16.8 Å². The monoisotopic (exact) mass is 296 g/mol. The van der Waals surface area contributed by atoms with Crippen molar-refractivity contribution in [2.45, 2.75) is 13.0 Å². The van der Waals surface area contributed by atoms with E-state index in [9.17, 15) is 4.79 Å². The van der Waals surface area contributed by atoms with Gasteiger partial charge in [-0.05, 0) is 24.6 Å². The van der Waals surface area contributed by atoms with E-state index >= 15 is 0 Å². The van der Waals surface area contributed by atoms with E-state index in [-0.39, 0.29) is 12.1 Å². The van der Waals surface area contributed by atoms with E-state index in [1.165, 1.54) is 4.68 Å². The molecule has 22 heavy (non-hydrogen) atoms. The van der Waals surface area contributed by atoms with Crippen molar-refractivity contribution >= 4 is 17.1 Å². The number of methoxy groups -OCH3 is 1. The number of aromatic nitrogens is 3. The van der Waals surface area contributed by atoms with Crippen LogP contribution < -0.4 is 10.1 Å². The molecule has 1 atom stereocenters. The van der Waals surface area contributed by atoms with Crippen molar-refractivity contribution in [3.8, 4) is 5.75 Å². The first-order valence-electron chi connectivity index (χ1n) is 6.94. The first-order chi connectivity index (χ1) is 10.7. The van der Waals surface area contributed by atoms with Crippen molar-refractivity contribution in [2.75, 3.05) is 7.11 Å². The first kappa shape index (κ1) is 14.1. The van der Waals surface area contributed by atoms with Gasteiger partial charge in [0.05, 0.1) is 13.2 Å². The van der Waals surface area contributed by atoms with Crippen LogP contribution in [0.15, 0.2) is 48.5 Å². The van der Waals surface area contributed by atoms with Crippen LogP contribution in [-0.4, -0.2) is 28.1 Å². The fourth-order valence-electron chi connectivity index (χ4n) is 2.25. The fourth-order valence-corrected chi connectivity index (χ4v) is 2.25. The zero-order valence-corrected chi connectivity index (χ0v) is 12.4. The lowest BCUT2D eigenvalue weighted by atomic mass is 10.1. The number of hydrogen-bond donors (Lipinski definition) is 1. The molecule has 6 nitrogen and oxygen atoms in total. The second kappa shape index (κ2) is 5.85. The topological polar surface area (TPSA) is 69.0 Å². The Bertz CT molecular complexity index is 798. The Morgan fingerprint density at radius 3 is 2.73 bits per heavy atom. The summed E-state index contributed by atoms with van der Waals surface area (Å²) in [6, 6.07) is 14.6. The van der Waals surface area contributed by atoms with E-state index in [2.05, 4.69) is 15.6 Å². The molecule has 0 radical (unpaired) electrons. The van der Waals surface area contributed by atoms with Crippen LogP contribution in [0.2, 0.25) is 0 Å². The maximum atomic E-state index is 12.4. The van der Waals surface area contributed by atoms with Crippen molar-refractivity contribution in [1.82, 2.24) is 20.3 Å². The van der Waals surface area contributed by atoms with Gasteiger partial charge in [0.25, 0.3) is 0 Å². The number of carbonyl (C=O) groups is 1. The molecule has 1 N–H and O–H groups in total. The number of nitrogens with one attached hydrogen (secondary N) is 1. The van der Waals surface area contributed by atoms with Gasteiger partial charge >= 0.3 is 6.03 Å². The smallest absolute Gasteiger partial charge is 0.344 e. The molecular weight excluding hydrogens is 280 g/mol. The number of rotatable bonds is 3. The molecule has 0 bridgehead atoms. The van der Waals surface area contributed by atoms with E-state index in [4.69, 9.17) is 4.74 Å². The van der Waals surface area contributed by atoms with Crippen molar-refractivity contribution in [3.05, 3.63) is 54.1 Å². The number of nitrogens with zero attached hydrogens (tertiary/aromatic N) is 3. The Labute approximate surface area is 127 Å². The quantitative estimate of drug-likeness (QED) is 0.807. The van der Waals surface area contributed by atoms with Crippen LogP contribution in [0.3, 0.4) is 0 Å². The van der Waals surface area contributed by atoms with Crippen LogP contribution in [0.25, 0.3) is 11.0 Å². The van der Waals surface area contributed by atoms with Gasteiger partial charge in [0, 0.05) is 6.07 Å². The summed E-state index contributed by atoms with van der Waals surface area (Å²) in [5.74, 6) is 0.653. The summed E-state index contributed by atoms with van der Waals surface area (Å²) in [5.41, 5.74) is 2.28. The molecule has 1 aromatic heterocycles. The molecular formula is C16H16N4O2. The van der Waals surface area contributed by atoms with Crippen LogP contribution in [0.5, 0.6) is 5.75 Å². The molecule has 0 fully saturated rings. The van der Waals surface area contributed by atoms with Gasteiger partial charge < -0.3 is 10.1 Å². The summed E-state index contributed by atoms with van der Waals surface area (Å²) < 4.78 is 6.42. The van der Waals surface area contributed by atoms with Crippen molar-refractivity contribution in [2.24, 2.45) is 0 Å². The third-order valence-electron chi connectivity index (χ3n) is 3.48. The Kier molecular flexibility index (Phi) is 3.74. The molecule has 3 rings (SSSR count). The van der Waals surface area contributed by atoms with Crippen molar-refractivity contribution < 1.29 is 9.53 Å². The molecule has 0 aliphatic heterocycles. The molecule has 0 saturated carbocycles. The highest BCUT2D eigenvalue weighted by Crippen LogP contribution is 2.19. The van der Waals surface area contributed by atoms with Gasteiger partial charge in [-0.1, -0.05) is 35.5 Å². The largest absolute Gasteiger partial charge is 0.497 e. The van der Waals surface area contributed by atoms with E-state index in [1.807, 2.05) is 37.3 Å². The number of carbonyl (C=O) groups excluding carboxylic acids is 1. The van der Waals surface area contributed by atoms with Crippen LogP contribution in [0.4, 0.5) is 4.79 Å². The highest BCUT2D eigenvalue weighted by molar-refractivity contribution is 5.88. The van der Waals surface area contributed by atoms with Gasteiger partial charge in [-0.3, -0.25) is 0 Å². The van der Waals surface area contributed by atoms with Gasteiger partial charge in [0.15, 0.2) is 0 Å². The SMILES string of the molecule is COc1ccc2nnn(C(=O)NC(C)c3ccccc3)c2c1. The molecule has 1 amide bonds. The summed E-state index contributed by atoms with van der Waals surface area (Å²) >= 11 is 0. The molecule has 0 spiro atoms. The lowest BCUT2D eigenvalue weighted by molar-refractivity contribution is 0.237. The number of amides is 1. The average Bonchev–Trinajstić information content (AvgIpc) is 2.98. The molecule has 6 heteroatoms. The minimum atomic E-state index is -0.327. The van der Waals surface area contributed by atoms with Crippen molar-refractivity contribution in [3.63, 3.8) is 0 Å². The summed E-state index contributed by atoms with van der Waals surface area (Å²) in [7, 11) is 1.58. The molecule has 0 aliphatic rings. The van der Waals surface area contributed by atoms with E-state index < -0.39 is 0 Å². The minimum Gasteiger partial charge on any atom is -0.497 e. The van der Waals surface area contributed by atoms with Crippen LogP contribution in [0, 0.1) is 0 Å². The zero-order chi connectivity index (χ0) is 15.5. The zero-order valence-electron chi connectivity index (χ0n) is 12.4. The third kappa shape index (κ3) is 2.63. The molecule has 3 aromatic rings. The lowest BCUT2D eigenvalue weighted by Gasteiger charge is -2.14. The highest BCUT2D eigenvalue weighted by Gasteiger charge is 2.15. The number of ether oxygens (including phenoxy) is 1. The Morgan fingerprint density at radius 1 is 1.23 bits per heavy atom. The average molecular weight is 296 g/mol. The van der Waals surface area contributed by atoms with Gasteiger partial charge in [-0.15, -0.1) is 5.10 Å². The molecule has 0 aliphatic carbocycles. The number of benzene rings is 2. The maximum Gasteiger partial charge on any atom is 0.344 e. The standard InChI is InChI=1S/C16H16N4O2/c1-11(12-6-4-3-5-7-12)17-16(21)20-15-10-13(22-2)8-9-14(15)18-19-20/h3-11H,1-2H3,(H,17,21). The second-order valence-electron chi connectivity index (χ2n) is 4.94. The molecule has 1 unspecified atom stereocenters. The highest BCUT2D eigenvalue weighted by atomic mass is 16.5. The van der Waals surface area contributed by atoms with E-state index in [1.54, 1.807) is 25.3 Å². The summed E-state index contributed by atoms with van der Waals surface area (Å²) in [4.78, 5) is 12.4. The molecule has 2 aromatic carbocycles. The Hall–Kier alpha value is -2.89. The second-order valence-corrected chi connectivity index (χ2v) is 4.94. The van der Waals surface area contributed by atoms with Gasteiger partial charge in [0.1, 0.15) is 16.8 Å². The van der Waals surface area contributed by atoms with Crippen LogP contribution >= 0.6 is 0 Å². The molecule has 0 saturated heterocycles. The molecule has 1 heterocycles. The van der Waals surface area contributed by atoms with Crippen LogP contribution in [-0.2, 0) is 0 Å². The predicted octanol–water partition coefficient (Wildman–Crippen LogP) is 2.76. The van der Waals surface area contributed by atoms with Crippen LogP contribution in [0.1, 0.15) is 18.5 Å². The first-order valence-corrected chi connectivity index (χ1v) is 6.94. The normalized spacial score (nSPS) is 12.1. The summed E-state index contributed by atoms with van der Waals surface area (Å²) in [6.07, 6.45) is 0. The lowest BCUT2D eigenvalue weighted by Crippen LogP contribution is -2.31. The summed E-state index contributed by atoms with van der Waals surface area (Å²) in [5, 5.41) is 10.8. The minimum absolute atomic E-state index is 0.126.